The largest absolute Gasteiger partial charge is 0.355 e. The van der Waals surface area contributed by atoms with Gasteiger partial charge in [0.25, 0.3) is 5.91 Å². The summed E-state index contributed by atoms with van der Waals surface area (Å²) >= 11 is 0. The number of hydrogen-bond donors (Lipinski definition) is 4. The van der Waals surface area contributed by atoms with Crippen molar-refractivity contribution in [1.29, 1.82) is 0 Å². The van der Waals surface area contributed by atoms with E-state index in [0.717, 1.165) is 25.7 Å². The third-order valence-electron chi connectivity index (χ3n) is 4.01. The number of hydrogen-bond acceptors (Lipinski definition) is 3. The Bertz CT molecular complexity index is 580. The summed E-state index contributed by atoms with van der Waals surface area (Å²) in [5.41, 5.74) is 1.06. The van der Waals surface area contributed by atoms with Crippen molar-refractivity contribution in [2.24, 2.45) is 0 Å². The predicted molar refractivity (Wildman–Crippen MR) is 91.9 cm³/mol. The van der Waals surface area contributed by atoms with Crippen LogP contribution in [0.25, 0.3) is 0 Å². The van der Waals surface area contributed by atoms with Crippen LogP contribution in [0.4, 0.5) is 10.5 Å². The molecule has 0 aromatic heterocycles. The zero-order chi connectivity index (χ0) is 17.4. The number of urea groups is 1. The highest BCUT2D eigenvalue weighted by Crippen LogP contribution is 2.17. The number of anilines is 1. The highest BCUT2D eigenvalue weighted by molar-refractivity contribution is 5.95. The van der Waals surface area contributed by atoms with E-state index < -0.39 is 6.03 Å². The van der Waals surface area contributed by atoms with Crippen molar-refractivity contribution in [2.45, 2.75) is 38.1 Å². The van der Waals surface area contributed by atoms with E-state index in [0.29, 0.717) is 11.3 Å². The SMILES string of the molecule is CNC(=O)c1ccc(NC(=O)NCC(=O)NC2CCCCC2)cc1. The Hall–Kier alpha value is -2.57. The van der Waals surface area contributed by atoms with Gasteiger partial charge in [-0.05, 0) is 37.1 Å². The van der Waals surface area contributed by atoms with Crippen LogP contribution in [0.5, 0.6) is 0 Å². The maximum Gasteiger partial charge on any atom is 0.319 e. The summed E-state index contributed by atoms with van der Waals surface area (Å²) in [6.45, 7) is -0.0569. The summed E-state index contributed by atoms with van der Waals surface area (Å²) in [5, 5.41) is 10.6. The maximum atomic E-state index is 11.8. The number of carbonyl (C=O) groups is 3. The van der Waals surface area contributed by atoms with E-state index in [1.54, 1.807) is 31.3 Å². The number of rotatable bonds is 5. The van der Waals surface area contributed by atoms with E-state index in [4.69, 9.17) is 0 Å². The molecule has 4 amide bonds. The van der Waals surface area contributed by atoms with Gasteiger partial charge in [0.15, 0.2) is 0 Å². The van der Waals surface area contributed by atoms with Crippen LogP contribution in [0.2, 0.25) is 0 Å². The molecular formula is C17H24N4O3. The molecule has 7 nitrogen and oxygen atoms in total. The minimum Gasteiger partial charge on any atom is -0.355 e. The fourth-order valence-corrected chi connectivity index (χ4v) is 2.71. The summed E-state index contributed by atoms with van der Waals surface area (Å²) in [7, 11) is 1.56. The molecule has 1 fully saturated rings. The van der Waals surface area contributed by atoms with Crippen LogP contribution in [0.1, 0.15) is 42.5 Å². The van der Waals surface area contributed by atoms with Gasteiger partial charge in [0, 0.05) is 24.3 Å². The second-order valence-electron chi connectivity index (χ2n) is 5.87. The quantitative estimate of drug-likeness (QED) is 0.659. The number of carbonyl (C=O) groups excluding carboxylic acids is 3. The zero-order valence-corrected chi connectivity index (χ0v) is 13.9. The summed E-state index contributed by atoms with van der Waals surface area (Å²) in [6.07, 6.45) is 5.53. The Labute approximate surface area is 141 Å². The number of amides is 4. The highest BCUT2D eigenvalue weighted by atomic mass is 16.2. The topological polar surface area (TPSA) is 99.3 Å². The predicted octanol–water partition coefficient (Wildman–Crippen LogP) is 1.62. The summed E-state index contributed by atoms with van der Waals surface area (Å²) in [5.74, 6) is -0.364. The minimum absolute atomic E-state index is 0.0569. The summed E-state index contributed by atoms with van der Waals surface area (Å²) < 4.78 is 0. The first-order valence-electron chi connectivity index (χ1n) is 8.25. The van der Waals surface area contributed by atoms with Crippen LogP contribution in [0, 0.1) is 0 Å². The molecule has 1 aliphatic rings. The Morgan fingerprint density at radius 1 is 1.04 bits per heavy atom. The van der Waals surface area contributed by atoms with Crippen molar-refractivity contribution in [2.75, 3.05) is 18.9 Å². The molecule has 0 saturated heterocycles. The van der Waals surface area contributed by atoms with Crippen molar-refractivity contribution >= 4 is 23.5 Å². The van der Waals surface area contributed by atoms with Gasteiger partial charge in [0.2, 0.25) is 5.91 Å². The lowest BCUT2D eigenvalue weighted by Gasteiger charge is -2.22. The molecule has 1 aromatic rings. The zero-order valence-electron chi connectivity index (χ0n) is 13.9. The number of nitrogens with one attached hydrogen (secondary N) is 4. The lowest BCUT2D eigenvalue weighted by Crippen LogP contribution is -2.43. The molecule has 1 aliphatic carbocycles. The van der Waals surface area contributed by atoms with Gasteiger partial charge in [-0.1, -0.05) is 19.3 Å². The molecule has 24 heavy (non-hydrogen) atoms. The fraction of sp³-hybridized carbons (Fsp3) is 0.471. The van der Waals surface area contributed by atoms with Crippen molar-refractivity contribution in [1.82, 2.24) is 16.0 Å². The average Bonchev–Trinajstić information content (AvgIpc) is 2.61. The Morgan fingerprint density at radius 2 is 1.71 bits per heavy atom. The van der Waals surface area contributed by atoms with Gasteiger partial charge in [0.05, 0.1) is 6.54 Å². The molecule has 1 aromatic carbocycles. The van der Waals surface area contributed by atoms with E-state index in [2.05, 4.69) is 21.3 Å². The molecule has 130 valence electrons. The van der Waals surface area contributed by atoms with Crippen molar-refractivity contribution in [3.8, 4) is 0 Å². The van der Waals surface area contributed by atoms with Gasteiger partial charge < -0.3 is 21.3 Å². The molecule has 0 radical (unpaired) electrons. The molecule has 2 rings (SSSR count). The van der Waals surface area contributed by atoms with Gasteiger partial charge in [-0.25, -0.2) is 4.79 Å². The molecule has 0 unspecified atom stereocenters. The van der Waals surface area contributed by atoms with Crippen molar-refractivity contribution in [3.63, 3.8) is 0 Å². The van der Waals surface area contributed by atoms with Crippen molar-refractivity contribution < 1.29 is 14.4 Å². The molecule has 0 aliphatic heterocycles. The molecule has 4 N–H and O–H groups in total. The fourth-order valence-electron chi connectivity index (χ4n) is 2.71. The van der Waals surface area contributed by atoms with Gasteiger partial charge in [-0.2, -0.15) is 0 Å². The first-order chi connectivity index (χ1) is 11.6. The van der Waals surface area contributed by atoms with Gasteiger partial charge >= 0.3 is 6.03 Å². The van der Waals surface area contributed by atoms with Crippen molar-refractivity contribution in [3.05, 3.63) is 29.8 Å². The second-order valence-corrected chi connectivity index (χ2v) is 5.87. The minimum atomic E-state index is -0.457. The van der Waals surface area contributed by atoms with Gasteiger partial charge in [-0.15, -0.1) is 0 Å². The molecule has 0 heterocycles. The Morgan fingerprint density at radius 3 is 2.33 bits per heavy atom. The molecule has 7 heteroatoms. The van der Waals surface area contributed by atoms with E-state index in [1.807, 2.05) is 0 Å². The van der Waals surface area contributed by atoms with Gasteiger partial charge in [0.1, 0.15) is 0 Å². The van der Waals surface area contributed by atoms with Crippen LogP contribution in [-0.4, -0.2) is 37.5 Å². The van der Waals surface area contributed by atoms with Crippen LogP contribution in [0.15, 0.2) is 24.3 Å². The number of benzene rings is 1. The molecule has 0 atom stereocenters. The normalized spacial score (nSPS) is 14.5. The lowest BCUT2D eigenvalue weighted by molar-refractivity contribution is -0.121. The van der Waals surface area contributed by atoms with Gasteiger partial charge in [-0.3, -0.25) is 9.59 Å². The summed E-state index contributed by atoms with van der Waals surface area (Å²) in [6, 6.07) is 6.27. The third kappa shape index (κ3) is 5.57. The van der Waals surface area contributed by atoms with E-state index in [-0.39, 0.29) is 24.4 Å². The Balaban J connectivity index is 1.72. The monoisotopic (exact) mass is 332 g/mol. The first-order valence-corrected chi connectivity index (χ1v) is 8.25. The molecular weight excluding hydrogens is 308 g/mol. The third-order valence-corrected chi connectivity index (χ3v) is 4.01. The van der Waals surface area contributed by atoms with Crippen LogP contribution < -0.4 is 21.3 Å². The second kappa shape index (κ2) is 8.90. The average molecular weight is 332 g/mol. The molecule has 0 spiro atoms. The van der Waals surface area contributed by atoms with Crippen LogP contribution in [-0.2, 0) is 4.79 Å². The molecule has 1 saturated carbocycles. The highest BCUT2D eigenvalue weighted by Gasteiger charge is 2.15. The van der Waals surface area contributed by atoms with E-state index >= 15 is 0 Å². The smallest absolute Gasteiger partial charge is 0.319 e. The Kier molecular flexibility index (Phi) is 6.60. The van der Waals surface area contributed by atoms with E-state index in [9.17, 15) is 14.4 Å². The van der Waals surface area contributed by atoms with Crippen LogP contribution >= 0.6 is 0 Å². The summed E-state index contributed by atoms with van der Waals surface area (Å²) in [4.78, 5) is 35.1. The first kappa shape index (κ1) is 17.8. The lowest BCUT2D eigenvalue weighted by atomic mass is 9.95. The van der Waals surface area contributed by atoms with Crippen LogP contribution in [0.3, 0.4) is 0 Å². The maximum absolute atomic E-state index is 11.8. The molecule has 0 bridgehead atoms. The van der Waals surface area contributed by atoms with E-state index in [1.165, 1.54) is 6.42 Å². The standard InChI is InChI=1S/C17H24N4O3/c1-18-16(23)12-7-9-14(10-8-12)21-17(24)19-11-15(22)20-13-5-3-2-4-6-13/h7-10,13H,2-6,11H2,1H3,(H,18,23)(H,20,22)(H2,19,21,24).